The second-order valence-electron chi connectivity index (χ2n) is 7.79. The van der Waals surface area contributed by atoms with E-state index >= 15 is 0 Å². The van der Waals surface area contributed by atoms with E-state index in [-0.39, 0.29) is 11.4 Å². The van der Waals surface area contributed by atoms with Crippen LogP contribution in [0.4, 0.5) is 39.4 Å². The van der Waals surface area contributed by atoms with Crippen molar-refractivity contribution in [3.8, 4) is 11.1 Å². The quantitative estimate of drug-likeness (QED) is 0.208. The lowest BCUT2D eigenvalue weighted by molar-refractivity contribution is -0.137. The van der Waals surface area contributed by atoms with E-state index in [1.807, 2.05) is 0 Å². The molecule has 8 nitrogen and oxygen atoms in total. The van der Waals surface area contributed by atoms with Crippen LogP contribution >= 0.6 is 0 Å². The van der Waals surface area contributed by atoms with Crippen LogP contribution in [0.25, 0.3) is 22.0 Å². The van der Waals surface area contributed by atoms with Gasteiger partial charge in [0.1, 0.15) is 11.5 Å². The highest BCUT2D eigenvalue weighted by molar-refractivity contribution is 6.12. The molecule has 0 bridgehead atoms. The molecular weight excluding hydrogens is 482 g/mol. The van der Waals surface area contributed by atoms with E-state index in [0.29, 0.717) is 51.0 Å². The fourth-order valence-corrected chi connectivity index (χ4v) is 3.75. The number of anilines is 3. The van der Waals surface area contributed by atoms with E-state index in [2.05, 4.69) is 15.6 Å². The maximum absolute atomic E-state index is 13.9. The van der Waals surface area contributed by atoms with Crippen molar-refractivity contribution in [1.82, 2.24) is 4.98 Å². The Morgan fingerprint density at radius 2 is 1.72 bits per heavy atom. The highest BCUT2D eigenvalue weighted by atomic mass is 19.4. The standard InChI is InChI=1S/C24H18F4N5O3/c1-33(36)18-4-2-3-15-19(21(22(29)34)32-20(15)18)12-5-8-14(9-6-12)30-23(35)31-17-11-13(24(26,27)28)7-10-16(17)25/h2-11,32H,1H3,(H2,29,34)(H2,30,31,35)/q-1. The lowest BCUT2D eigenvalue weighted by Gasteiger charge is -2.25. The minimum Gasteiger partial charge on any atom is -0.758 e. The van der Waals surface area contributed by atoms with Crippen LogP contribution in [0.15, 0.2) is 60.7 Å². The van der Waals surface area contributed by atoms with Crippen molar-refractivity contribution >= 4 is 39.9 Å². The molecule has 12 heteroatoms. The van der Waals surface area contributed by atoms with Crippen LogP contribution in [0.2, 0.25) is 0 Å². The summed E-state index contributed by atoms with van der Waals surface area (Å²) in [6.45, 7) is 0. The fraction of sp³-hybridized carbons (Fsp3) is 0.0833. The number of aromatic amines is 1. The number of hydroxylamine groups is 1. The molecule has 5 N–H and O–H groups in total. The molecule has 0 atom stereocenters. The Balaban J connectivity index is 1.59. The summed E-state index contributed by atoms with van der Waals surface area (Å²) in [5, 5.41) is 17.6. The van der Waals surface area contributed by atoms with Gasteiger partial charge in [-0.2, -0.15) is 13.2 Å². The van der Waals surface area contributed by atoms with Gasteiger partial charge >= 0.3 is 12.2 Å². The zero-order valence-corrected chi connectivity index (χ0v) is 18.5. The normalized spacial score (nSPS) is 11.4. The van der Waals surface area contributed by atoms with E-state index in [9.17, 15) is 32.4 Å². The second-order valence-corrected chi connectivity index (χ2v) is 7.79. The van der Waals surface area contributed by atoms with Crippen molar-refractivity contribution in [1.29, 1.82) is 0 Å². The van der Waals surface area contributed by atoms with Crippen LogP contribution in [0.1, 0.15) is 16.1 Å². The van der Waals surface area contributed by atoms with E-state index in [4.69, 9.17) is 5.73 Å². The number of halogens is 4. The number of hydrogen-bond acceptors (Lipinski definition) is 4. The molecule has 0 radical (unpaired) electrons. The minimum absolute atomic E-state index is 0.0813. The van der Waals surface area contributed by atoms with Crippen molar-refractivity contribution in [2.45, 2.75) is 6.18 Å². The third-order valence-electron chi connectivity index (χ3n) is 5.37. The first kappa shape index (κ1) is 24.5. The van der Waals surface area contributed by atoms with E-state index < -0.39 is 35.2 Å². The number of nitrogens with zero attached hydrogens (tertiary/aromatic N) is 1. The maximum Gasteiger partial charge on any atom is 0.416 e. The first-order valence-electron chi connectivity index (χ1n) is 10.4. The lowest BCUT2D eigenvalue weighted by Crippen LogP contribution is -2.20. The van der Waals surface area contributed by atoms with Gasteiger partial charge in [0.15, 0.2) is 0 Å². The van der Waals surface area contributed by atoms with Gasteiger partial charge in [0.05, 0.1) is 22.5 Å². The zero-order valence-electron chi connectivity index (χ0n) is 18.5. The number of H-pyrrole nitrogens is 1. The van der Waals surface area contributed by atoms with Crippen LogP contribution in [0.5, 0.6) is 0 Å². The predicted molar refractivity (Wildman–Crippen MR) is 128 cm³/mol. The Morgan fingerprint density at radius 1 is 1.03 bits per heavy atom. The molecular formula is C24H18F4N5O3-. The Morgan fingerprint density at radius 3 is 2.33 bits per heavy atom. The summed E-state index contributed by atoms with van der Waals surface area (Å²) in [5.74, 6) is -1.78. The lowest BCUT2D eigenvalue weighted by atomic mass is 10.0. The number of amides is 3. The third kappa shape index (κ3) is 4.79. The van der Waals surface area contributed by atoms with E-state index in [1.54, 1.807) is 30.3 Å². The van der Waals surface area contributed by atoms with Gasteiger partial charge in [-0.1, -0.05) is 24.3 Å². The van der Waals surface area contributed by atoms with Gasteiger partial charge in [0, 0.05) is 16.6 Å². The third-order valence-corrected chi connectivity index (χ3v) is 5.37. The largest absolute Gasteiger partial charge is 0.758 e. The minimum atomic E-state index is -4.70. The number of nitrogens with two attached hydrogens (primary N) is 1. The maximum atomic E-state index is 13.9. The molecule has 0 saturated heterocycles. The number of urea groups is 1. The number of fused-ring (bicyclic) bond motifs is 1. The summed E-state index contributed by atoms with van der Waals surface area (Å²) in [6, 6.07) is 11.8. The van der Waals surface area contributed by atoms with Gasteiger partial charge in [-0.25, -0.2) is 9.18 Å². The number of carbonyl (C=O) groups is 2. The summed E-state index contributed by atoms with van der Waals surface area (Å²) in [4.78, 5) is 27.2. The molecule has 0 spiro atoms. The van der Waals surface area contributed by atoms with E-state index in [1.165, 1.54) is 19.2 Å². The molecule has 36 heavy (non-hydrogen) atoms. The molecule has 3 amide bonds. The summed E-state index contributed by atoms with van der Waals surface area (Å²) < 4.78 is 52.5. The Bertz CT molecular complexity index is 1460. The summed E-state index contributed by atoms with van der Waals surface area (Å²) in [6.07, 6.45) is -4.70. The number of aromatic nitrogens is 1. The van der Waals surface area contributed by atoms with Crippen molar-refractivity contribution in [3.63, 3.8) is 0 Å². The van der Waals surface area contributed by atoms with Crippen molar-refractivity contribution < 1.29 is 27.2 Å². The molecule has 1 heterocycles. The number of alkyl halides is 3. The summed E-state index contributed by atoms with van der Waals surface area (Å²) in [5.41, 5.74) is 5.81. The van der Waals surface area contributed by atoms with Crippen molar-refractivity contribution in [2.24, 2.45) is 5.73 Å². The van der Waals surface area contributed by atoms with Gasteiger partial charge in [-0.05, 0) is 49.0 Å². The highest BCUT2D eigenvalue weighted by Crippen LogP contribution is 2.37. The topological polar surface area (TPSA) is 126 Å². The molecule has 1 aromatic heterocycles. The van der Waals surface area contributed by atoms with Gasteiger partial charge in [-0.3, -0.25) is 4.79 Å². The summed E-state index contributed by atoms with van der Waals surface area (Å²) in [7, 11) is 1.32. The SMILES string of the molecule is CN([O-])c1cccc2c(-c3ccc(NC(=O)Nc4cc(C(F)(F)F)ccc4F)cc3)c(C(N)=O)[nH]c12. The molecule has 0 aliphatic rings. The van der Waals surface area contributed by atoms with E-state index in [0.717, 1.165) is 0 Å². The van der Waals surface area contributed by atoms with Crippen molar-refractivity contribution in [3.05, 3.63) is 82.9 Å². The van der Waals surface area contributed by atoms with Gasteiger partial charge in [0.2, 0.25) is 0 Å². The van der Waals surface area contributed by atoms with Crippen LogP contribution in [0, 0.1) is 11.0 Å². The first-order chi connectivity index (χ1) is 17.0. The average Bonchev–Trinajstić information content (AvgIpc) is 3.20. The van der Waals surface area contributed by atoms with Crippen LogP contribution in [-0.4, -0.2) is 24.0 Å². The molecule has 4 aromatic rings. The number of carbonyl (C=O) groups excluding carboxylic acids is 2. The number of primary amides is 1. The number of hydrogen-bond donors (Lipinski definition) is 4. The molecule has 0 fully saturated rings. The van der Waals surface area contributed by atoms with Gasteiger partial charge < -0.3 is 31.6 Å². The van der Waals surface area contributed by atoms with Gasteiger partial charge in [0.25, 0.3) is 5.91 Å². The monoisotopic (exact) mass is 500 g/mol. The Hall–Kier alpha value is -4.58. The fourth-order valence-electron chi connectivity index (χ4n) is 3.75. The molecule has 0 unspecified atom stereocenters. The number of para-hydroxylation sites is 1. The molecule has 186 valence electrons. The molecule has 0 aliphatic carbocycles. The molecule has 0 saturated carbocycles. The molecule has 4 rings (SSSR count). The second kappa shape index (κ2) is 9.23. The number of rotatable bonds is 5. The van der Waals surface area contributed by atoms with Crippen molar-refractivity contribution in [2.75, 3.05) is 22.7 Å². The average molecular weight is 500 g/mol. The zero-order chi connectivity index (χ0) is 26.2. The number of nitrogens with one attached hydrogen (secondary N) is 3. The first-order valence-corrected chi connectivity index (χ1v) is 10.4. The number of benzene rings is 3. The van der Waals surface area contributed by atoms with Crippen LogP contribution < -0.4 is 21.4 Å². The predicted octanol–water partition coefficient (Wildman–Crippen LogP) is 5.67. The Kier molecular flexibility index (Phi) is 6.29. The van der Waals surface area contributed by atoms with Gasteiger partial charge in [-0.15, -0.1) is 0 Å². The molecule has 3 aromatic carbocycles. The van der Waals surface area contributed by atoms with Crippen LogP contribution in [0.3, 0.4) is 0 Å². The summed E-state index contributed by atoms with van der Waals surface area (Å²) >= 11 is 0. The molecule has 0 aliphatic heterocycles. The Labute approximate surface area is 201 Å². The smallest absolute Gasteiger partial charge is 0.416 e. The highest BCUT2D eigenvalue weighted by Gasteiger charge is 2.31. The van der Waals surface area contributed by atoms with Crippen LogP contribution in [-0.2, 0) is 6.18 Å².